The van der Waals surface area contributed by atoms with Crippen LogP contribution in [0.15, 0.2) is 0 Å². The van der Waals surface area contributed by atoms with Gasteiger partial charge in [-0.05, 0) is 18.0 Å². The van der Waals surface area contributed by atoms with Crippen LogP contribution in [0, 0.1) is 0 Å². The molecule has 0 aromatic rings. The lowest BCUT2D eigenvalue weighted by atomic mass is 11.4. The molecule has 0 aliphatic heterocycles. The predicted octanol–water partition coefficient (Wildman–Crippen LogP) is -2.05. The molecule has 0 aliphatic carbocycles. The molecule has 0 saturated heterocycles. The van der Waals surface area contributed by atoms with Crippen molar-refractivity contribution in [2.45, 2.75) is 0 Å². The van der Waals surface area contributed by atoms with Gasteiger partial charge in [0.1, 0.15) is 23.0 Å². The van der Waals surface area contributed by atoms with E-state index >= 15 is 0 Å². The molecule has 6 heteroatoms. The fourth-order valence-corrected chi connectivity index (χ4v) is 0.177. The minimum absolute atomic E-state index is 0.537. The summed E-state index contributed by atoms with van der Waals surface area (Å²) >= 11 is 2.53. The highest BCUT2D eigenvalue weighted by Crippen LogP contribution is 1.79. The van der Waals surface area contributed by atoms with Crippen LogP contribution >= 0.6 is 34.8 Å². The Kier molecular flexibility index (Phi) is 14.4. The smallest absolute Gasteiger partial charge is 0.324 e. The highest BCUT2D eigenvalue weighted by Gasteiger charge is 1.85. The summed E-state index contributed by atoms with van der Waals surface area (Å²) in [6.45, 7) is 0. The van der Waals surface area contributed by atoms with Crippen LogP contribution in [0.3, 0.4) is 0 Å². The molecule has 6 N–H and O–H groups in total. The zero-order valence-electron chi connectivity index (χ0n) is 4.39. The number of hydrogen-bond acceptors (Lipinski definition) is 3. The van der Waals surface area contributed by atoms with Crippen LogP contribution in [-0.2, 0) is 0 Å². The van der Waals surface area contributed by atoms with Gasteiger partial charge in [-0.2, -0.15) is 5.10 Å². The second-order valence-electron chi connectivity index (χ2n) is 0.713. The average molecular weight is 250 g/mol. The van der Waals surface area contributed by atoms with Gasteiger partial charge in [0.15, 0.2) is 0 Å². The lowest BCUT2D eigenvalue weighted by Crippen LogP contribution is -2.81. The Bertz CT molecular complexity index is 68.3. The number of rotatable bonds is 0. The van der Waals surface area contributed by atoms with E-state index in [4.69, 9.17) is 15.0 Å². The van der Waals surface area contributed by atoms with E-state index in [1.54, 1.807) is 0 Å². The van der Waals surface area contributed by atoms with Crippen molar-refractivity contribution in [1.82, 2.24) is 0 Å². The predicted molar refractivity (Wildman–Crippen MR) is 44.1 cm³/mol. The van der Waals surface area contributed by atoms with E-state index in [1.807, 2.05) is 6.26 Å². The van der Waals surface area contributed by atoms with Crippen molar-refractivity contribution >= 4 is 39.9 Å². The summed E-state index contributed by atoms with van der Waals surface area (Å²) in [6, 6.07) is 0. The van der Waals surface area contributed by atoms with E-state index < -0.39 is 0 Å². The number of hydrazine groups is 1. The first-order chi connectivity index (χ1) is 3.81. The highest BCUT2D eigenvalue weighted by molar-refractivity contribution is 14.1. The van der Waals surface area contributed by atoms with Crippen LogP contribution in [0.4, 0.5) is 0 Å². The molecule has 50 valence electrons. The van der Waals surface area contributed by atoms with Crippen LogP contribution in [-0.4, -0.2) is 14.9 Å². The summed E-state index contributed by atoms with van der Waals surface area (Å²) in [5.41, 5.74) is 5.12. The summed E-state index contributed by atoms with van der Waals surface area (Å²) in [4.78, 5) is 0. The Morgan fingerprint density at radius 3 is 2.12 bits per heavy atom. The van der Waals surface area contributed by atoms with Gasteiger partial charge in [-0.3, -0.25) is 11.6 Å². The fourth-order valence-electron chi connectivity index (χ4n) is 0.0589. The van der Waals surface area contributed by atoms with E-state index in [9.17, 15) is 0 Å². The molecule has 0 bridgehead atoms. The first kappa shape index (κ1) is 11.2. The number of nitrogens with two attached hydrogens (primary N) is 2. The number of nitrogens with one attached hydrogen (secondary N) is 1. The molecule has 0 unspecified atom stereocenters. The number of amidine groups is 1. The molecule has 0 rings (SSSR count). The molecule has 0 saturated carbocycles. The van der Waals surface area contributed by atoms with E-state index in [-0.39, 0.29) is 0 Å². The molecule has 0 atom stereocenters. The molecule has 0 amide bonds. The van der Waals surface area contributed by atoms with Gasteiger partial charge in [-0.1, -0.05) is 0 Å². The molecule has 0 radical (unpaired) electrons. The standard InChI is InChI=1S/C2H7N3S.HIO/c1-6-2(3)5-4;1-2/h4H2,1H3,(H2,3,5);2H/p+1. The minimum atomic E-state index is 0.537. The van der Waals surface area contributed by atoms with Gasteiger partial charge in [0, 0.05) is 0 Å². The molecule has 4 nitrogen and oxygen atoms in total. The number of hydrazone groups is 1. The van der Waals surface area contributed by atoms with Gasteiger partial charge >= 0.3 is 5.17 Å². The molecule has 0 aromatic heterocycles. The number of thioether (sulfide) groups is 1. The average Bonchev–Trinajstić information content (AvgIpc) is 1.91. The molecule has 0 aliphatic rings. The Labute approximate surface area is 66.4 Å². The maximum Gasteiger partial charge on any atom is 0.324 e. The van der Waals surface area contributed by atoms with Crippen molar-refractivity contribution < 1.29 is 8.54 Å². The SMILES string of the molecule is CSC(N)=[NH+]N.OI. The summed E-state index contributed by atoms with van der Waals surface area (Å²) in [5, 5.41) is 2.81. The largest absolute Gasteiger partial charge is 0.331 e. The van der Waals surface area contributed by atoms with Crippen molar-refractivity contribution in [2.75, 3.05) is 6.26 Å². The van der Waals surface area contributed by atoms with E-state index in [0.29, 0.717) is 5.17 Å². The third-order valence-electron chi connectivity index (χ3n) is 0.362. The fraction of sp³-hybridized carbons (Fsp3) is 0.500. The number of hydrogen-bond donors (Lipinski definition) is 4. The molecule has 0 spiro atoms. The zero-order valence-corrected chi connectivity index (χ0v) is 7.36. The quantitative estimate of drug-likeness (QED) is 0.131. The molecule has 0 aromatic carbocycles. The van der Waals surface area contributed by atoms with Crippen molar-refractivity contribution in [3.63, 3.8) is 0 Å². The topological polar surface area (TPSA) is 86.2 Å². The van der Waals surface area contributed by atoms with Crippen LogP contribution < -0.4 is 16.7 Å². The Balaban J connectivity index is 0. The van der Waals surface area contributed by atoms with Gasteiger partial charge in [-0.25, -0.2) is 0 Å². The summed E-state index contributed by atoms with van der Waals surface area (Å²) in [6.07, 6.45) is 1.84. The highest BCUT2D eigenvalue weighted by atomic mass is 127. The monoisotopic (exact) mass is 250 g/mol. The maximum absolute atomic E-state index is 6.97. The van der Waals surface area contributed by atoms with E-state index in [2.05, 4.69) is 5.10 Å². The normalized spacial score (nSPS) is 9.62. The lowest BCUT2D eigenvalue weighted by Gasteiger charge is -1.76. The van der Waals surface area contributed by atoms with Gasteiger partial charge in [-0.15, -0.1) is 0 Å². The van der Waals surface area contributed by atoms with Gasteiger partial charge in [0.05, 0.1) is 0 Å². The maximum atomic E-state index is 6.97. The number of halogens is 1. The van der Waals surface area contributed by atoms with Crippen molar-refractivity contribution in [1.29, 1.82) is 0 Å². The van der Waals surface area contributed by atoms with Crippen LogP contribution in [0.1, 0.15) is 0 Å². The Morgan fingerprint density at radius 1 is 1.75 bits per heavy atom. The molecule has 0 fully saturated rings. The Morgan fingerprint density at radius 2 is 2.12 bits per heavy atom. The zero-order chi connectivity index (χ0) is 6.99. The molecular weight excluding hydrogens is 241 g/mol. The summed E-state index contributed by atoms with van der Waals surface area (Å²) in [7, 11) is 0. The summed E-state index contributed by atoms with van der Waals surface area (Å²) < 4.78 is 6.97. The van der Waals surface area contributed by atoms with Crippen molar-refractivity contribution in [3.05, 3.63) is 0 Å². The first-order valence-electron chi connectivity index (χ1n) is 1.61. The van der Waals surface area contributed by atoms with Gasteiger partial charge < -0.3 is 3.44 Å². The molecule has 0 heterocycles. The minimum Gasteiger partial charge on any atom is -0.331 e. The molecular formula is C2H9IN3OS+. The van der Waals surface area contributed by atoms with E-state index in [1.165, 1.54) is 11.8 Å². The van der Waals surface area contributed by atoms with Crippen LogP contribution in [0.25, 0.3) is 0 Å². The second-order valence-corrected chi connectivity index (χ2v) is 1.56. The molecule has 8 heavy (non-hydrogen) atoms. The van der Waals surface area contributed by atoms with Gasteiger partial charge in [0.2, 0.25) is 0 Å². The van der Waals surface area contributed by atoms with E-state index in [0.717, 1.165) is 23.0 Å². The lowest BCUT2D eigenvalue weighted by molar-refractivity contribution is -0.467. The van der Waals surface area contributed by atoms with Gasteiger partial charge in [0.25, 0.3) is 0 Å². The van der Waals surface area contributed by atoms with Crippen molar-refractivity contribution in [2.24, 2.45) is 11.6 Å². The second kappa shape index (κ2) is 10.3. The third kappa shape index (κ3) is 9.58. The Hall–Kier alpha value is 0.310. The first-order valence-corrected chi connectivity index (χ1v) is 3.80. The van der Waals surface area contributed by atoms with Crippen molar-refractivity contribution in [3.8, 4) is 0 Å². The summed E-state index contributed by atoms with van der Waals surface area (Å²) in [5.74, 6) is 4.85. The van der Waals surface area contributed by atoms with Crippen LogP contribution in [0.2, 0.25) is 0 Å². The third-order valence-corrected chi connectivity index (χ3v) is 0.920. The van der Waals surface area contributed by atoms with Crippen LogP contribution in [0.5, 0.6) is 0 Å².